The smallest absolute Gasteiger partial charge is 0.222 e. The van der Waals surface area contributed by atoms with Crippen molar-refractivity contribution in [1.29, 1.82) is 0 Å². The summed E-state index contributed by atoms with van der Waals surface area (Å²) in [5, 5.41) is 7.70. The van der Waals surface area contributed by atoms with Gasteiger partial charge in [-0.25, -0.2) is 0 Å². The summed E-state index contributed by atoms with van der Waals surface area (Å²) in [6.45, 7) is 5.16. The summed E-state index contributed by atoms with van der Waals surface area (Å²) in [7, 11) is 0. The van der Waals surface area contributed by atoms with Crippen LogP contribution in [-0.4, -0.2) is 35.5 Å². The van der Waals surface area contributed by atoms with E-state index in [9.17, 15) is 9.59 Å². The summed E-state index contributed by atoms with van der Waals surface area (Å²) < 4.78 is 12.5. The maximum Gasteiger partial charge on any atom is 0.222 e. The van der Waals surface area contributed by atoms with Crippen LogP contribution in [0, 0.1) is 0 Å². The van der Waals surface area contributed by atoms with E-state index in [1.165, 1.54) is 6.20 Å². The molecule has 0 radical (unpaired) electrons. The molecule has 0 saturated carbocycles. The Labute approximate surface area is 175 Å². The van der Waals surface area contributed by atoms with Crippen LogP contribution in [0.2, 0.25) is 0 Å². The van der Waals surface area contributed by atoms with Gasteiger partial charge in [-0.3, -0.25) is 14.3 Å². The highest BCUT2D eigenvalue weighted by Gasteiger charge is 2.07. The molecule has 0 aliphatic rings. The van der Waals surface area contributed by atoms with Crippen molar-refractivity contribution in [2.75, 3.05) is 19.8 Å². The molecule has 3 aromatic rings. The molecule has 7 heteroatoms. The Balaban J connectivity index is 1.48. The number of carbonyl (C=O) groups excluding carboxylic acids is 1. The Hall–Kier alpha value is -3.03. The van der Waals surface area contributed by atoms with Gasteiger partial charge in [0.05, 0.1) is 38.1 Å². The number of benzene rings is 2. The minimum absolute atomic E-state index is 0.0713. The van der Waals surface area contributed by atoms with Gasteiger partial charge in [0.25, 0.3) is 0 Å². The quantitative estimate of drug-likeness (QED) is 0.493. The number of aromatic nitrogens is 2. The maximum atomic E-state index is 12.3. The van der Waals surface area contributed by atoms with Crippen LogP contribution in [0.5, 0.6) is 0 Å². The summed E-state index contributed by atoms with van der Waals surface area (Å²) in [5.74, 6) is -0.0713. The predicted octanol–water partition coefficient (Wildman–Crippen LogP) is 2.66. The van der Waals surface area contributed by atoms with Gasteiger partial charge in [-0.05, 0) is 30.2 Å². The summed E-state index contributed by atoms with van der Waals surface area (Å²) in [4.78, 5) is 24.2. The molecule has 0 aliphatic carbocycles. The highest BCUT2D eigenvalue weighted by molar-refractivity contribution is 5.79. The van der Waals surface area contributed by atoms with Gasteiger partial charge >= 0.3 is 0 Å². The monoisotopic (exact) mass is 409 g/mol. The number of rotatable bonds is 11. The lowest BCUT2D eigenvalue weighted by atomic mass is 10.1. The molecule has 0 bridgehead atoms. The Morgan fingerprint density at radius 1 is 1.07 bits per heavy atom. The molecule has 1 amide bonds. The second-order valence-electron chi connectivity index (χ2n) is 6.85. The first-order valence-electron chi connectivity index (χ1n) is 10.1. The molecule has 0 unspecified atom stereocenters. The normalized spacial score (nSPS) is 11.0. The fourth-order valence-corrected chi connectivity index (χ4v) is 3.12. The molecule has 0 aliphatic heterocycles. The Kier molecular flexibility index (Phi) is 8.11. The van der Waals surface area contributed by atoms with Crippen molar-refractivity contribution in [3.05, 3.63) is 76.1 Å². The summed E-state index contributed by atoms with van der Waals surface area (Å²) in [6, 6.07) is 15.2. The van der Waals surface area contributed by atoms with Crippen molar-refractivity contribution in [3.63, 3.8) is 0 Å². The zero-order valence-corrected chi connectivity index (χ0v) is 17.2. The van der Waals surface area contributed by atoms with E-state index in [-0.39, 0.29) is 17.8 Å². The molecule has 0 saturated heterocycles. The van der Waals surface area contributed by atoms with E-state index in [1.54, 1.807) is 10.7 Å². The SMILES string of the molecule is CCOCCOCc1cccc(CNC(=O)CCn2ncc(=O)c3ccccc32)c1. The fraction of sp³-hybridized carbons (Fsp3) is 0.348. The van der Waals surface area contributed by atoms with Gasteiger partial charge in [0.2, 0.25) is 11.3 Å². The zero-order valence-electron chi connectivity index (χ0n) is 17.2. The topological polar surface area (TPSA) is 82.4 Å². The number of hydrogen-bond donors (Lipinski definition) is 1. The lowest BCUT2D eigenvalue weighted by Crippen LogP contribution is -2.25. The fourth-order valence-electron chi connectivity index (χ4n) is 3.12. The van der Waals surface area contributed by atoms with Crippen molar-refractivity contribution in [2.45, 2.75) is 33.0 Å². The molecule has 1 heterocycles. The maximum absolute atomic E-state index is 12.3. The van der Waals surface area contributed by atoms with Crippen LogP contribution in [-0.2, 0) is 34.0 Å². The first-order chi connectivity index (χ1) is 14.7. The van der Waals surface area contributed by atoms with Gasteiger partial charge in [-0.15, -0.1) is 0 Å². The summed E-state index contributed by atoms with van der Waals surface area (Å²) in [5.41, 5.74) is 2.69. The number of hydrogen-bond acceptors (Lipinski definition) is 5. The minimum atomic E-state index is -0.118. The zero-order chi connectivity index (χ0) is 21.2. The third kappa shape index (κ3) is 6.23. The van der Waals surface area contributed by atoms with E-state index >= 15 is 0 Å². The molecular weight excluding hydrogens is 382 g/mol. The van der Waals surface area contributed by atoms with Crippen molar-refractivity contribution in [1.82, 2.24) is 15.1 Å². The third-order valence-electron chi connectivity index (χ3n) is 4.64. The van der Waals surface area contributed by atoms with Crippen LogP contribution >= 0.6 is 0 Å². The first-order valence-corrected chi connectivity index (χ1v) is 10.1. The molecule has 2 aromatic carbocycles. The van der Waals surface area contributed by atoms with E-state index in [1.807, 2.05) is 49.4 Å². The molecule has 1 N–H and O–H groups in total. The van der Waals surface area contributed by atoms with Crippen LogP contribution < -0.4 is 10.7 Å². The average Bonchev–Trinajstić information content (AvgIpc) is 2.77. The number of amides is 1. The van der Waals surface area contributed by atoms with Crippen LogP contribution in [0.1, 0.15) is 24.5 Å². The van der Waals surface area contributed by atoms with Crippen LogP contribution in [0.25, 0.3) is 10.9 Å². The number of carbonyl (C=O) groups is 1. The lowest BCUT2D eigenvalue weighted by molar-refractivity contribution is -0.121. The van der Waals surface area contributed by atoms with E-state index in [2.05, 4.69) is 10.4 Å². The number of nitrogens with one attached hydrogen (secondary N) is 1. The number of fused-ring (bicyclic) bond motifs is 1. The van der Waals surface area contributed by atoms with Gasteiger partial charge in [-0.1, -0.05) is 36.4 Å². The third-order valence-corrected chi connectivity index (χ3v) is 4.64. The summed E-state index contributed by atoms with van der Waals surface area (Å²) in [6.07, 6.45) is 1.57. The van der Waals surface area contributed by atoms with Crippen molar-refractivity contribution >= 4 is 16.8 Å². The molecule has 30 heavy (non-hydrogen) atoms. The molecule has 0 fully saturated rings. The van der Waals surface area contributed by atoms with Crippen molar-refractivity contribution < 1.29 is 14.3 Å². The Morgan fingerprint density at radius 3 is 2.73 bits per heavy atom. The Morgan fingerprint density at radius 2 is 1.87 bits per heavy atom. The summed E-state index contributed by atoms with van der Waals surface area (Å²) >= 11 is 0. The van der Waals surface area contributed by atoms with E-state index in [4.69, 9.17) is 9.47 Å². The van der Waals surface area contributed by atoms with E-state index in [0.717, 1.165) is 16.6 Å². The van der Waals surface area contributed by atoms with E-state index in [0.29, 0.717) is 44.9 Å². The molecule has 158 valence electrons. The van der Waals surface area contributed by atoms with Gasteiger partial charge in [-0.2, -0.15) is 5.10 Å². The highest BCUT2D eigenvalue weighted by Crippen LogP contribution is 2.09. The predicted molar refractivity (Wildman–Crippen MR) is 115 cm³/mol. The van der Waals surface area contributed by atoms with E-state index < -0.39 is 0 Å². The van der Waals surface area contributed by atoms with Crippen LogP contribution in [0.4, 0.5) is 0 Å². The molecule has 7 nitrogen and oxygen atoms in total. The number of aryl methyl sites for hydroxylation is 1. The minimum Gasteiger partial charge on any atom is -0.379 e. The molecular formula is C23H27N3O4. The average molecular weight is 409 g/mol. The molecule has 0 atom stereocenters. The second-order valence-corrected chi connectivity index (χ2v) is 6.85. The van der Waals surface area contributed by atoms with Gasteiger partial charge in [0, 0.05) is 25.0 Å². The Bertz CT molecular complexity index is 1030. The van der Waals surface area contributed by atoms with Crippen molar-refractivity contribution in [2.24, 2.45) is 0 Å². The molecule has 1 aromatic heterocycles. The molecule has 3 rings (SSSR count). The number of ether oxygens (including phenoxy) is 2. The second kappa shape index (κ2) is 11.2. The first kappa shape index (κ1) is 21.7. The lowest BCUT2D eigenvalue weighted by Gasteiger charge is -2.10. The van der Waals surface area contributed by atoms with Gasteiger partial charge < -0.3 is 14.8 Å². The number of para-hydroxylation sites is 1. The van der Waals surface area contributed by atoms with Crippen LogP contribution in [0.15, 0.2) is 59.5 Å². The van der Waals surface area contributed by atoms with Crippen LogP contribution in [0.3, 0.4) is 0 Å². The standard InChI is InChI=1S/C23H27N3O4/c1-2-29-12-13-30-17-19-7-5-6-18(14-19)15-24-23(28)10-11-26-21-9-4-3-8-20(21)22(27)16-25-26/h3-9,14,16H,2,10-13,15,17H2,1H3,(H,24,28). The largest absolute Gasteiger partial charge is 0.379 e. The van der Waals surface area contributed by atoms with Crippen molar-refractivity contribution in [3.8, 4) is 0 Å². The number of nitrogens with zero attached hydrogens (tertiary/aromatic N) is 2. The van der Waals surface area contributed by atoms with Gasteiger partial charge in [0.15, 0.2) is 0 Å². The highest BCUT2D eigenvalue weighted by atomic mass is 16.5. The molecule has 0 spiro atoms. The van der Waals surface area contributed by atoms with Gasteiger partial charge in [0.1, 0.15) is 0 Å².